The summed E-state index contributed by atoms with van der Waals surface area (Å²) < 4.78 is 34.6. The minimum absolute atomic E-state index is 0.0607. The number of fused-ring (bicyclic) bond motifs is 1. The van der Waals surface area contributed by atoms with E-state index in [9.17, 15) is 18.0 Å². The van der Waals surface area contributed by atoms with E-state index in [1.165, 1.54) is 11.0 Å². The molecule has 0 unspecified atom stereocenters. The van der Waals surface area contributed by atoms with Crippen LogP contribution in [0.25, 0.3) is 11.0 Å². The van der Waals surface area contributed by atoms with Gasteiger partial charge < -0.3 is 14.1 Å². The molecule has 150 valence electrons. The monoisotopic (exact) mass is 413 g/mol. The van der Waals surface area contributed by atoms with Gasteiger partial charge in [0, 0.05) is 23.2 Å². The Morgan fingerprint density at radius 2 is 1.86 bits per heavy atom. The van der Waals surface area contributed by atoms with Crippen molar-refractivity contribution in [2.45, 2.75) is 12.5 Å². The van der Waals surface area contributed by atoms with Gasteiger partial charge in [0.25, 0.3) is 5.91 Å². The lowest BCUT2D eigenvalue weighted by atomic mass is 10.2. The number of amides is 1. The molecular formula is C21H19NO6S. The number of anilines is 1. The van der Waals surface area contributed by atoms with Crippen LogP contribution in [0.5, 0.6) is 5.75 Å². The third-order valence-corrected chi connectivity index (χ3v) is 6.58. The highest BCUT2D eigenvalue weighted by atomic mass is 32.2. The third kappa shape index (κ3) is 4.32. The molecule has 0 radical (unpaired) electrons. The Bertz CT molecular complexity index is 1200. The summed E-state index contributed by atoms with van der Waals surface area (Å²) in [5.41, 5.74) is 0.528. The molecule has 1 saturated heterocycles. The number of sulfone groups is 1. The Hall–Kier alpha value is -3.13. The average Bonchev–Trinajstić information content (AvgIpc) is 3.06. The van der Waals surface area contributed by atoms with Crippen molar-refractivity contribution in [3.63, 3.8) is 0 Å². The molecule has 1 aliphatic rings. The average molecular weight is 413 g/mol. The fourth-order valence-electron chi connectivity index (χ4n) is 3.47. The molecule has 3 aromatic rings. The summed E-state index contributed by atoms with van der Waals surface area (Å²) in [6.45, 7) is -0.270. The van der Waals surface area contributed by atoms with Crippen LogP contribution in [0.15, 0.2) is 69.9 Å². The van der Waals surface area contributed by atoms with Crippen molar-refractivity contribution in [1.29, 1.82) is 0 Å². The van der Waals surface area contributed by atoms with Crippen LogP contribution in [0.1, 0.15) is 6.42 Å². The molecule has 1 aliphatic heterocycles. The topological polar surface area (TPSA) is 93.9 Å². The summed E-state index contributed by atoms with van der Waals surface area (Å²) in [6.07, 6.45) is 0.393. The van der Waals surface area contributed by atoms with E-state index in [-0.39, 0.29) is 24.0 Å². The van der Waals surface area contributed by atoms with E-state index in [1.54, 1.807) is 48.5 Å². The van der Waals surface area contributed by atoms with Gasteiger partial charge in [0.15, 0.2) is 16.4 Å². The highest BCUT2D eigenvalue weighted by molar-refractivity contribution is 7.91. The summed E-state index contributed by atoms with van der Waals surface area (Å²) in [7, 11) is -3.15. The van der Waals surface area contributed by atoms with Crippen LogP contribution in [-0.2, 0) is 14.6 Å². The van der Waals surface area contributed by atoms with E-state index in [2.05, 4.69) is 0 Å². The van der Waals surface area contributed by atoms with Gasteiger partial charge in [-0.15, -0.1) is 0 Å². The van der Waals surface area contributed by atoms with Crippen LogP contribution in [0, 0.1) is 0 Å². The summed E-state index contributed by atoms with van der Waals surface area (Å²) in [6, 6.07) is 16.5. The predicted octanol–water partition coefficient (Wildman–Crippen LogP) is 2.39. The highest BCUT2D eigenvalue weighted by Gasteiger charge is 2.35. The molecule has 7 nitrogen and oxygen atoms in total. The molecule has 0 saturated carbocycles. The molecule has 2 heterocycles. The van der Waals surface area contributed by atoms with E-state index in [0.717, 1.165) is 5.39 Å². The highest BCUT2D eigenvalue weighted by Crippen LogP contribution is 2.25. The van der Waals surface area contributed by atoms with E-state index in [1.807, 2.05) is 6.07 Å². The number of nitrogens with zero attached hydrogens (tertiary/aromatic N) is 1. The Morgan fingerprint density at radius 1 is 1.10 bits per heavy atom. The van der Waals surface area contributed by atoms with Crippen LogP contribution < -0.4 is 15.3 Å². The summed E-state index contributed by atoms with van der Waals surface area (Å²) >= 11 is 0. The van der Waals surface area contributed by atoms with Crippen molar-refractivity contribution < 1.29 is 22.4 Å². The van der Waals surface area contributed by atoms with Crippen LogP contribution in [0.2, 0.25) is 0 Å². The van der Waals surface area contributed by atoms with E-state index in [4.69, 9.17) is 9.15 Å². The van der Waals surface area contributed by atoms with Gasteiger partial charge in [-0.2, -0.15) is 0 Å². The smallest absolute Gasteiger partial charge is 0.336 e. The zero-order valence-electron chi connectivity index (χ0n) is 15.5. The Balaban J connectivity index is 1.54. The lowest BCUT2D eigenvalue weighted by Crippen LogP contribution is -2.43. The van der Waals surface area contributed by atoms with Crippen molar-refractivity contribution in [3.8, 4) is 5.75 Å². The fraction of sp³-hybridized carbons (Fsp3) is 0.238. The SMILES string of the molecule is O=C(COc1ccc2ccc(=O)oc2c1)N(c1ccccc1)[C@@H]1CCS(=O)(=O)C1. The van der Waals surface area contributed by atoms with Crippen molar-refractivity contribution in [1.82, 2.24) is 0 Å². The van der Waals surface area contributed by atoms with Crippen LogP contribution in [0.4, 0.5) is 5.69 Å². The van der Waals surface area contributed by atoms with Crippen LogP contribution in [-0.4, -0.2) is 38.5 Å². The second kappa shape index (κ2) is 7.71. The summed E-state index contributed by atoms with van der Waals surface area (Å²) in [5.74, 6) is 0.0494. The first-order chi connectivity index (χ1) is 13.9. The molecule has 1 atom stereocenters. The van der Waals surface area contributed by atoms with E-state index in [0.29, 0.717) is 23.4 Å². The lowest BCUT2D eigenvalue weighted by molar-refractivity contribution is -0.121. The number of carbonyl (C=O) groups excluding carboxylic acids is 1. The fourth-order valence-corrected chi connectivity index (χ4v) is 5.17. The molecule has 0 bridgehead atoms. The zero-order valence-corrected chi connectivity index (χ0v) is 16.3. The van der Waals surface area contributed by atoms with Gasteiger partial charge in [-0.1, -0.05) is 18.2 Å². The molecule has 1 amide bonds. The third-order valence-electron chi connectivity index (χ3n) is 4.83. The van der Waals surface area contributed by atoms with Crippen molar-refractivity contribution in [2.24, 2.45) is 0 Å². The number of para-hydroxylation sites is 1. The Morgan fingerprint density at radius 3 is 2.59 bits per heavy atom. The quantitative estimate of drug-likeness (QED) is 0.596. The summed E-state index contributed by atoms with van der Waals surface area (Å²) in [5, 5.41) is 0.741. The maximum atomic E-state index is 13.0. The van der Waals surface area contributed by atoms with Gasteiger partial charge >= 0.3 is 5.63 Å². The normalized spacial score (nSPS) is 17.9. The van der Waals surface area contributed by atoms with Crippen LogP contribution >= 0.6 is 0 Å². The number of hydrogen-bond acceptors (Lipinski definition) is 6. The molecule has 0 N–H and O–H groups in total. The molecule has 1 aromatic heterocycles. The van der Waals surface area contributed by atoms with Crippen molar-refractivity contribution in [3.05, 3.63) is 71.1 Å². The van der Waals surface area contributed by atoms with Gasteiger partial charge in [0.2, 0.25) is 0 Å². The van der Waals surface area contributed by atoms with E-state index >= 15 is 0 Å². The summed E-state index contributed by atoms with van der Waals surface area (Å²) in [4.78, 5) is 25.9. The van der Waals surface area contributed by atoms with Gasteiger partial charge in [-0.3, -0.25) is 4.79 Å². The molecule has 4 rings (SSSR count). The van der Waals surface area contributed by atoms with Crippen molar-refractivity contribution >= 4 is 32.4 Å². The first-order valence-corrected chi connectivity index (χ1v) is 11.0. The first kappa shape index (κ1) is 19.2. The minimum atomic E-state index is -3.15. The molecule has 8 heteroatoms. The molecule has 0 spiro atoms. The Kier molecular flexibility index (Phi) is 5.10. The number of benzene rings is 2. The lowest BCUT2D eigenvalue weighted by Gasteiger charge is -2.28. The largest absolute Gasteiger partial charge is 0.484 e. The maximum Gasteiger partial charge on any atom is 0.336 e. The molecular weight excluding hydrogens is 394 g/mol. The molecule has 29 heavy (non-hydrogen) atoms. The molecule has 0 aliphatic carbocycles. The van der Waals surface area contributed by atoms with Gasteiger partial charge in [0.1, 0.15) is 11.3 Å². The van der Waals surface area contributed by atoms with E-state index < -0.39 is 21.5 Å². The van der Waals surface area contributed by atoms with Crippen molar-refractivity contribution in [2.75, 3.05) is 23.0 Å². The van der Waals surface area contributed by atoms with Gasteiger partial charge in [0.05, 0.1) is 17.5 Å². The minimum Gasteiger partial charge on any atom is -0.484 e. The van der Waals surface area contributed by atoms with Gasteiger partial charge in [-0.05, 0) is 36.8 Å². The predicted molar refractivity (Wildman–Crippen MR) is 109 cm³/mol. The number of rotatable bonds is 5. The standard InChI is InChI=1S/C21H19NO6S/c23-20(13-27-18-8-6-15-7-9-21(24)28-19(15)12-18)22(16-4-2-1-3-5-16)17-10-11-29(25,26)14-17/h1-9,12,17H,10-11,13-14H2/t17-/m1/s1. The second-order valence-corrected chi connectivity index (χ2v) is 9.13. The second-order valence-electron chi connectivity index (χ2n) is 6.90. The number of carbonyl (C=O) groups is 1. The zero-order chi connectivity index (χ0) is 20.4. The molecule has 1 fully saturated rings. The van der Waals surface area contributed by atoms with Crippen LogP contribution in [0.3, 0.4) is 0 Å². The Labute approximate surface area is 167 Å². The maximum absolute atomic E-state index is 13.0. The first-order valence-electron chi connectivity index (χ1n) is 9.15. The molecule has 2 aromatic carbocycles. The number of ether oxygens (including phenoxy) is 1. The number of hydrogen-bond donors (Lipinski definition) is 0. The van der Waals surface area contributed by atoms with Gasteiger partial charge in [-0.25, -0.2) is 13.2 Å².